The van der Waals surface area contributed by atoms with Crippen molar-refractivity contribution >= 4 is 5.91 Å². The van der Waals surface area contributed by atoms with E-state index >= 15 is 0 Å². The van der Waals surface area contributed by atoms with Crippen molar-refractivity contribution in [3.63, 3.8) is 0 Å². The Balaban J connectivity index is 2.82. The predicted molar refractivity (Wildman–Crippen MR) is 44.3 cm³/mol. The maximum absolute atomic E-state index is 12.6. The summed E-state index contributed by atoms with van der Waals surface area (Å²) >= 11 is 0. The first-order valence-corrected chi connectivity index (χ1v) is 3.75. The Bertz CT molecular complexity index is 398. The number of amides is 1. The summed E-state index contributed by atoms with van der Waals surface area (Å²) in [6.07, 6.45) is 0. The van der Waals surface area contributed by atoms with Crippen molar-refractivity contribution < 1.29 is 13.6 Å². The number of benzene rings is 1. The molecule has 1 aromatic carbocycles. The first kappa shape index (κ1) is 10.1. The third-order valence-corrected chi connectivity index (χ3v) is 1.51. The highest BCUT2D eigenvalue weighted by Gasteiger charge is 2.08. The first-order chi connectivity index (χ1) is 6.65. The van der Waals surface area contributed by atoms with E-state index in [1.165, 1.54) is 0 Å². The second kappa shape index (κ2) is 4.33. The fourth-order valence-corrected chi connectivity index (χ4v) is 0.859. The van der Waals surface area contributed by atoms with Crippen molar-refractivity contribution in [1.29, 1.82) is 5.26 Å². The topological polar surface area (TPSA) is 52.9 Å². The van der Waals surface area contributed by atoms with Gasteiger partial charge < -0.3 is 5.32 Å². The molecule has 0 aliphatic carbocycles. The smallest absolute Gasteiger partial charge is 0.252 e. The monoisotopic (exact) mass is 196 g/mol. The Morgan fingerprint density at radius 3 is 2.71 bits per heavy atom. The number of nitrogens with one attached hydrogen (secondary N) is 1. The molecule has 5 heteroatoms. The molecule has 0 fully saturated rings. The van der Waals surface area contributed by atoms with Crippen LogP contribution in [0.1, 0.15) is 10.4 Å². The van der Waals surface area contributed by atoms with Gasteiger partial charge in [-0.1, -0.05) is 0 Å². The molecule has 1 aromatic rings. The molecule has 0 unspecified atom stereocenters. The fourth-order valence-electron chi connectivity index (χ4n) is 0.859. The van der Waals surface area contributed by atoms with Crippen LogP contribution in [0.4, 0.5) is 8.78 Å². The molecule has 1 amide bonds. The van der Waals surface area contributed by atoms with Crippen LogP contribution in [0.2, 0.25) is 0 Å². The van der Waals surface area contributed by atoms with Gasteiger partial charge in [0, 0.05) is 5.56 Å². The van der Waals surface area contributed by atoms with Gasteiger partial charge in [-0.15, -0.1) is 0 Å². The Hall–Kier alpha value is -1.96. The van der Waals surface area contributed by atoms with Crippen molar-refractivity contribution in [3.05, 3.63) is 35.4 Å². The third kappa shape index (κ3) is 2.26. The van der Waals surface area contributed by atoms with Crippen LogP contribution in [0.5, 0.6) is 0 Å². The molecular formula is C9H6F2N2O. The second-order valence-corrected chi connectivity index (χ2v) is 2.47. The number of rotatable bonds is 2. The van der Waals surface area contributed by atoms with Crippen molar-refractivity contribution in [2.24, 2.45) is 0 Å². The zero-order valence-electron chi connectivity index (χ0n) is 7.05. The van der Waals surface area contributed by atoms with Crippen LogP contribution < -0.4 is 5.32 Å². The van der Waals surface area contributed by atoms with E-state index in [-0.39, 0.29) is 12.1 Å². The lowest BCUT2D eigenvalue weighted by atomic mass is 10.2. The average Bonchev–Trinajstić information content (AvgIpc) is 2.18. The molecule has 0 atom stereocenters. The van der Waals surface area contributed by atoms with E-state index in [0.29, 0.717) is 0 Å². The zero-order valence-corrected chi connectivity index (χ0v) is 7.05. The number of hydrogen-bond acceptors (Lipinski definition) is 2. The normalized spacial score (nSPS) is 9.21. The molecule has 72 valence electrons. The van der Waals surface area contributed by atoms with E-state index in [0.717, 1.165) is 18.2 Å². The number of carbonyl (C=O) groups is 1. The minimum atomic E-state index is -1.09. The Kier molecular flexibility index (Phi) is 3.13. The molecular weight excluding hydrogens is 190 g/mol. The highest BCUT2D eigenvalue weighted by Crippen LogP contribution is 2.08. The molecule has 0 bridgehead atoms. The maximum Gasteiger partial charge on any atom is 0.252 e. The lowest BCUT2D eigenvalue weighted by Gasteiger charge is -2.00. The minimum Gasteiger partial charge on any atom is -0.339 e. The van der Waals surface area contributed by atoms with Gasteiger partial charge in [0.05, 0.1) is 6.07 Å². The third-order valence-electron chi connectivity index (χ3n) is 1.51. The van der Waals surface area contributed by atoms with Crippen LogP contribution in [0.3, 0.4) is 0 Å². The second-order valence-electron chi connectivity index (χ2n) is 2.47. The molecule has 0 aliphatic rings. The molecule has 0 saturated carbocycles. The van der Waals surface area contributed by atoms with E-state index in [9.17, 15) is 13.6 Å². The summed E-state index contributed by atoms with van der Waals surface area (Å²) < 4.78 is 25.1. The lowest BCUT2D eigenvalue weighted by molar-refractivity contribution is 0.0958. The van der Waals surface area contributed by atoms with E-state index in [1.54, 1.807) is 6.07 Å². The quantitative estimate of drug-likeness (QED) is 0.723. The Morgan fingerprint density at radius 2 is 2.14 bits per heavy atom. The van der Waals surface area contributed by atoms with Crippen molar-refractivity contribution in [2.75, 3.05) is 6.54 Å². The van der Waals surface area contributed by atoms with Crippen LogP contribution in [-0.4, -0.2) is 12.5 Å². The molecule has 0 spiro atoms. The van der Waals surface area contributed by atoms with Gasteiger partial charge in [0.25, 0.3) is 5.91 Å². The maximum atomic E-state index is 12.6. The SMILES string of the molecule is N#CCNC(=O)c1ccc(F)c(F)c1. The molecule has 1 N–H and O–H groups in total. The van der Waals surface area contributed by atoms with Crippen LogP contribution in [0.25, 0.3) is 0 Å². The van der Waals surface area contributed by atoms with Crippen LogP contribution in [-0.2, 0) is 0 Å². The summed E-state index contributed by atoms with van der Waals surface area (Å²) in [5.41, 5.74) is -0.0147. The van der Waals surface area contributed by atoms with Gasteiger partial charge in [0.1, 0.15) is 6.54 Å². The summed E-state index contributed by atoms with van der Waals surface area (Å²) in [6, 6.07) is 4.48. The highest BCUT2D eigenvalue weighted by atomic mass is 19.2. The standard InChI is InChI=1S/C9H6F2N2O/c10-7-2-1-6(5-8(7)11)9(14)13-4-3-12/h1-2,5H,4H2,(H,13,14). The van der Waals surface area contributed by atoms with Gasteiger partial charge in [-0.3, -0.25) is 4.79 Å². The molecule has 14 heavy (non-hydrogen) atoms. The number of halogens is 2. The first-order valence-electron chi connectivity index (χ1n) is 3.75. The van der Waals surface area contributed by atoms with Crippen molar-refractivity contribution in [3.8, 4) is 6.07 Å². The fraction of sp³-hybridized carbons (Fsp3) is 0.111. The summed E-state index contributed by atoms with van der Waals surface area (Å²) in [4.78, 5) is 11.1. The summed E-state index contributed by atoms with van der Waals surface area (Å²) in [7, 11) is 0. The number of nitriles is 1. The molecule has 0 saturated heterocycles. The van der Waals surface area contributed by atoms with Crippen LogP contribution >= 0.6 is 0 Å². The van der Waals surface area contributed by atoms with Gasteiger partial charge in [-0.2, -0.15) is 5.26 Å². The van der Waals surface area contributed by atoms with E-state index in [2.05, 4.69) is 5.32 Å². The van der Waals surface area contributed by atoms with E-state index in [4.69, 9.17) is 5.26 Å². The van der Waals surface area contributed by atoms with E-state index < -0.39 is 17.5 Å². The van der Waals surface area contributed by atoms with Gasteiger partial charge >= 0.3 is 0 Å². The summed E-state index contributed by atoms with van der Waals surface area (Å²) in [6.45, 7) is -0.169. The highest BCUT2D eigenvalue weighted by molar-refractivity contribution is 5.94. The number of carbonyl (C=O) groups excluding carboxylic acids is 1. The molecule has 0 radical (unpaired) electrons. The van der Waals surface area contributed by atoms with Crippen LogP contribution in [0, 0.1) is 23.0 Å². The van der Waals surface area contributed by atoms with Gasteiger partial charge in [-0.25, -0.2) is 8.78 Å². The molecule has 1 rings (SSSR count). The minimum absolute atomic E-state index is 0.0147. The Morgan fingerprint density at radius 1 is 1.43 bits per heavy atom. The average molecular weight is 196 g/mol. The van der Waals surface area contributed by atoms with Crippen molar-refractivity contribution in [2.45, 2.75) is 0 Å². The van der Waals surface area contributed by atoms with Gasteiger partial charge in [0.2, 0.25) is 0 Å². The molecule has 0 heterocycles. The Labute approximate surface area is 79.0 Å². The van der Waals surface area contributed by atoms with Crippen molar-refractivity contribution in [1.82, 2.24) is 5.32 Å². The summed E-state index contributed by atoms with van der Waals surface area (Å²) in [5.74, 6) is -2.71. The molecule has 0 aromatic heterocycles. The largest absolute Gasteiger partial charge is 0.339 e. The summed E-state index contributed by atoms with van der Waals surface area (Å²) in [5, 5.41) is 10.4. The lowest BCUT2D eigenvalue weighted by Crippen LogP contribution is -2.23. The molecule has 0 aliphatic heterocycles. The zero-order chi connectivity index (χ0) is 10.6. The number of hydrogen-bond donors (Lipinski definition) is 1. The van der Waals surface area contributed by atoms with E-state index in [1.807, 2.05) is 0 Å². The number of nitrogens with zero attached hydrogens (tertiary/aromatic N) is 1. The molecule has 3 nitrogen and oxygen atoms in total. The predicted octanol–water partition coefficient (Wildman–Crippen LogP) is 1.22. The van der Waals surface area contributed by atoms with Gasteiger partial charge in [-0.05, 0) is 18.2 Å². The van der Waals surface area contributed by atoms with Crippen LogP contribution in [0.15, 0.2) is 18.2 Å². The van der Waals surface area contributed by atoms with Gasteiger partial charge in [0.15, 0.2) is 11.6 Å².